The topological polar surface area (TPSA) is 79.4 Å². The van der Waals surface area contributed by atoms with E-state index in [2.05, 4.69) is 10.3 Å². The predicted molar refractivity (Wildman–Crippen MR) is 86.6 cm³/mol. The van der Waals surface area contributed by atoms with Gasteiger partial charge in [-0.1, -0.05) is 0 Å². The second-order valence-electron chi connectivity index (χ2n) is 5.75. The van der Waals surface area contributed by atoms with Crippen molar-refractivity contribution >= 4 is 33.0 Å². The largest absolute Gasteiger partial charge is 0.326 e. The molecule has 0 unspecified atom stereocenters. The van der Waals surface area contributed by atoms with E-state index in [0.29, 0.717) is 12.2 Å². The minimum Gasteiger partial charge on any atom is -0.326 e. The SMILES string of the molecule is O=C1Cc2cc(S(=O)(=O)N(Cc3nccs3)C3CC3)ccc2N1. The zero-order valence-corrected chi connectivity index (χ0v) is 13.9. The summed E-state index contributed by atoms with van der Waals surface area (Å²) in [5, 5.41) is 5.36. The number of nitrogens with zero attached hydrogens (tertiary/aromatic N) is 2. The van der Waals surface area contributed by atoms with E-state index < -0.39 is 10.0 Å². The van der Waals surface area contributed by atoms with Crippen molar-refractivity contribution in [1.82, 2.24) is 9.29 Å². The van der Waals surface area contributed by atoms with Gasteiger partial charge in [-0.15, -0.1) is 11.3 Å². The van der Waals surface area contributed by atoms with Gasteiger partial charge >= 0.3 is 0 Å². The fourth-order valence-electron chi connectivity index (χ4n) is 2.74. The summed E-state index contributed by atoms with van der Waals surface area (Å²) in [6.07, 6.45) is 3.68. The lowest BCUT2D eigenvalue weighted by molar-refractivity contribution is -0.115. The number of nitrogens with one attached hydrogen (secondary N) is 1. The second-order valence-corrected chi connectivity index (χ2v) is 8.62. The third-order valence-corrected chi connectivity index (χ3v) is 6.70. The van der Waals surface area contributed by atoms with Crippen molar-refractivity contribution in [2.45, 2.75) is 36.7 Å². The number of amides is 1. The second kappa shape index (κ2) is 5.40. The number of anilines is 1. The molecule has 1 aromatic carbocycles. The molecule has 0 radical (unpaired) electrons. The summed E-state index contributed by atoms with van der Waals surface area (Å²) in [7, 11) is -3.59. The Bertz CT molecular complexity index is 858. The Morgan fingerprint density at radius 3 is 2.87 bits per heavy atom. The molecule has 4 rings (SSSR count). The molecule has 1 aliphatic heterocycles. The molecule has 1 fully saturated rings. The first kappa shape index (κ1) is 14.8. The number of carbonyl (C=O) groups is 1. The number of thiazole rings is 1. The van der Waals surface area contributed by atoms with Gasteiger partial charge in [0.1, 0.15) is 5.01 Å². The fourth-order valence-corrected chi connectivity index (χ4v) is 5.13. The van der Waals surface area contributed by atoms with E-state index in [1.807, 2.05) is 5.38 Å². The Labute approximate surface area is 138 Å². The van der Waals surface area contributed by atoms with E-state index in [1.54, 1.807) is 24.4 Å². The van der Waals surface area contributed by atoms with Crippen LogP contribution < -0.4 is 5.32 Å². The molecule has 2 aromatic rings. The van der Waals surface area contributed by atoms with Crippen LogP contribution in [0.4, 0.5) is 5.69 Å². The molecular formula is C15H15N3O3S2. The summed E-state index contributed by atoms with van der Waals surface area (Å²) in [6.45, 7) is 0.304. The molecule has 2 heterocycles. The highest BCUT2D eigenvalue weighted by Crippen LogP contribution is 2.35. The van der Waals surface area contributed by atoms with Gasteiger partial charge in [0, 0.05) is 23.3 Å². The molecule has 0 bridgehead atoms. The van der Waals surface area contributed by atoms with Crippen LogP contribution in [0.2, 0.25) is 0 Å². The highest BCUT2D eigenvalue weighted by molar-refractivity contribution is 7.89. The number of carbonyl (C=O) groups excluding carboxylic acids is 1. The molecule has 8 heteroatoms. The van der Waals surface area contributed by atoms with Crippen molar-refractivity contribution in [3.63, 3.8) is 0 Å². The van der Waals surface area contributed by atoms with Crippen LogP contribution in [-0.4, -0.2) is 29.7 Å². The van der Waals surface area contributed by atoms with Gasteiger partial charge in [-0.05, 0) is 36.6 Å². The van der Waals surface area contributed by atoms with Crippen LogP contribution in [0.15, 0.2) is 34.7 Å². The molecule has 6 nitrogen and oxygen atoms in total. The van der Waals surface area contributed by atoms with E-state index in [-0.39, 0.29) is 23.3 Å². The van der Waals surface area contributed by atoms with Crippen LogP contribution in [0.5, 0.6) is 0 Å². The Morgan fingerprint density at radius 2 is 2.17 bits per heavy atom. The van der Waals surface area contributed by atoms with E-state index in [0.717, 1.165) is 23.4 Å². The molecule has 23 heavy (non-hydrogen) atoms. The van der Waals surface area contributed by atoms with Crippen molar-refractivity contribution < 1.29 is 13.2 Å². The number of hydrogen-bond acceptors (Lipinski definition) is 5. The summed E-state index contributed by atoms with van der Waals surface area (Å²) >= 11 is 1.46. The zero-order chi connectivity index (χ0) is 16.0. The third-order valence-electron chi connectivity index (χ3n) is 4.04. The molecule has 1 aromatic heterocycles. The number of rotatable bonds is 5. The first-order valence-electron chi connectivity index (χ1n) is 7.37. The maximum atomic E-state index is 13.0. The molecule has 120 valence electrons. The molecule has 0 atom stereocenters. The highest BCUT2D eigenvalue weighted by Gasteiger charge is 2.39. The number of benzene rings is 1. The third kappa shape index (κ3) is 2.77. The van der Waals surface area contributed by atoms with Gasteiger partial charge in [-0.3, -0.25) is 4.79 Å². The Morgan fingerprint density at radius 1 is 1.35 bits per heavy atom. The lowest BCUT2D eigenvalue weighted by atomic mass is 10.2. The Kier molecular flexibility index (Phi) is 3.47. The lowest BCUT2D eigenvalue weighted by Crippen LogP contribution is -2.32. The van der Waals surface area contributed by atoms with Gasteiger partial charge in [-0.25, -0.2) is 13.4 Å². The van der Waals surface area contributed by atoms with Gasteiger partial charge in [0.15, 0.2) is 0 Å². The smallest absolute Gasteiger partial charge is 0.243 e. The summed E-state index contributed by atoms with van der Waals surface area (Å²) in [6, 6.07) is 4.90. The van der Waals surface area contributed by atoms with E-state index in [9.17, 15) is 13.2 Å². The fraction of sp³-hybridized carbons (Fsp3) is 0.333. The van der Waals surface area contributed by atoms with Gasteiger partial charge in [0.05, 0.1) is 17.9 Å². The van der Waals surface area contributed by atoms with Crippen molar-refractivity contribution in [3.05, 3.63) is 40.3 Å². The molecule has 1 N–H and O–H groups in total. The minimum absolute atomic E-state index is 0.0527. The van der Waals surface area contributed by atoms with E-state index in [1.165, 1.54) is 15.6 Å². The summed E-state index contributed by atoms with van der Waals surface area (Å²) in [5.41, 5.74) is 1.44. The van der Waals surface area contributed by atoms with Crippen molar-refractivity contribution in [1.29, 1.82) is 0 Å². The predicted octanol–water partition coefficient (Wildman–Crippen LogP) is 1.99. The van der Waals surface area contributed by atoms with Crippen molar-refractivity contribution in [2.24, 2.45) is 0 Å². The van der Waals surface area contributed by atoms with E-state index in [4.69, 9.17) is 0 Å². The average Bonchev–Trinajstić information content (AvgIpc) is 3.07. The van der Waals surface area contributed by atoms with Gasteiger partial charge in [0.25, 0.3) is 0 Å². The monoisotopic (exact) mass is 349 g/mol. The number of aromatic nitrogens is 1. The molecule has 0 spiro atoms. The maximum absolute atomic E-state index is 13.0. The van der Waals surface area contributed by atoms with Gasteiger partial charge < -0.3 is 5.32 Å². The number of fused-ring (bicyclic) bond motifs is 1. The molecule has 1 aliphatic carbocycles. The van der Waals surface area contributed by atoms with Gasteiger partial charge in [-0.2, -0.15) is 4.31 Å². The first-order chi connectivity index (χ1) is 11.0. The molecule has 0 saturated heterocycles. The van der Waals surface area contributed by atoms with Crippen molar-refractivity contribution in [3.8, 4) is 0 Å². The zero-order valence-electron chi connectivity index (χ0n) is 12.2. The van der Waals surface area contributed by atoms with Crippen molar-refractivity contribution in [2.75, 3.05) is 5.32 Å². The quantitative estimate of drug-likeness (QED) is 0.895. The summed E-state index contributed by atoms with van der Waals surface area (Å²) < 4.78 is 27.6. The number of hydrogen-bond donors (Lipinski definition) is 1. The number of sulfonamides is 1. The highest BCUT2D eigenvalue weighted by atomic mass is 32.2. The van der Waals surface area contributed by atoms with Crippen LogP contribution in [-0.2, 0) is 27.8 Å². The van der Waals surface area contributed by atoms with Crippen LogP contribution >= 0.6 is 11.3 Å². The Hall–Kier alpha value is -1.77. The Balaban J connectivity index is 1.68. The molecular weight excluding hydrogens is 334 g/mol. The van der Waals surface area contributed by atoms with Crippen LogP contribution in [0.3, 0.4) is 0 Å². The summed E-state index contributed by atoms with van der Waals surface area (Å²) in [4.78, 5) is 15.9. The van der Waals surface area contributed by atoms with Gasteiger partial charge in [0.2, 0.25) is 15.9 Å². The van der Waals surface area contributed by atoms with Crippen LogP contribution in [0.1, 0.15) is 23.4 Å². The average molecular weight is 349 g/mol. The normalized spacial score (nSPS) is 17.3. The molecule has 1 amide bonds. The first-order valence-corrected chi connectivity index (χ1v) is 9.69. The van der Waals surface area contributed by atoms with Crippen LogP contribution in [0, 0.1) is 0 Å². The standard InChI is InChI=1S/C15H15N3O3S2/c19-14-8-10-7-12(3-4-13(10)17-14)23(20,21)18(11-1-2-11)9-15-16-5-6-22-15/h3-7,11H,1-2,8-9H2,(H,17,19). The van der Waals surface area contributed by atoms with E-state index >= 15 is 0 Å². The molecule has 2 aliphatic rings. The minimum atomic E-state index is -3.59. The van der Waals surface area contributed by atoms with Crippen LogP contribution in [0.25, 0.3) is 0 Å². The summed E-state index contributed by atoms with van der Waals surface area (Å²) in [5.74, 6) is -0.101. The molecule has 1 saturated carbocycles. The maximum Gasteiger partial charge on any atom is 0.243 e. The lowest BCUT2D eigenvalue weighted by Gasteiger charge is -2.21.